The van der Waals surface area contributed by atoms with Crippen LogP contribution >= 0.6 is 39.1 Å². The minimum Gasteiger partial charge on any atom is -0.392 e. The maximum atomic E-state index is 10.1. The lowest BCUT2D eigenvalue weighted by molar-refractivity contribution is 0.175. The van der Waals surface area contributed by atoms with Crippen molar-refractivity contribution in [3.63, 3.8) is 0 Å². The molecule has 0 aromatic heterocycles. The fraction of sp³-hybridized carbons (Fsp3) is 0.200. The van der Waals surface area contributed by atoms with Gasteiger partial charge < -0.3 is 5.11 Å². The van der Waals surface area contributed by atoms with Crippen molar-refractivity contribution in [3.8, 4) is 0 Å². The highest BCUT2D eigenvalue weighted by Gasteiger charge is 2.10. The average molecular weight is 360 g/mol. The Bertz CT molecular complexity index is 555. The Kier molecular flexibility index (Phi) is 5.28. The monoisotopic (exact) mass is 358 g/mol. The van der Waals surface area contributed by atoms with Crippen LogP contribution in [0.4, 0.5) is 0 Å². The number of halogens is 3. The van der Waals surface area contributed by atoms with Gasteiger partial charge in [-0.15, -0.1) is 0 Å². The van der Waals surface area contributed by atoms with Gasteiger partial charge in [-0.3, -0.25) is 0 Å². The van der Waals surface area contributed by atoms with Crippen LogP contribution in [-0.4, -0.2) is 11.2 Å². The van der Waals surface area contributed by atoms with Crippen molar-refractivity contribution < 1.29 is 5.11 Å². The topological polar surface area (TPSA) is 20.2 Å². The second-order valence-corrected chi connectivity index (χ2v) is 6.18. The highest BCUT2D eigenvalue weighted by Crippen LogP contribution is 2.23. The number of hydrogen-bond donors (Lipinski definition) is 1. The van der Waals surface area contributed by atoms with E-state index in [1.165, 1.54) is 0 Å². The van der Waals surface area contributed by atoms with Crippen LogP contribution in [0.5, 0.6) is 0 Å². The van der Waals surface area contributed by atoms with Crippen molar-refractivity contribution in [1.82, 2.24) is 0 Å². The number of aliphatic hydroxyl groups is 1. The summed E-state index contributed by atoms with van der Waals surface area (Å²) in [7, 11) is 0. The van der Waals surface area contributed by atoms with E-state index < -0.39 is 6.10 Å². The lowest BCUT2D eigenvalue weighted by atomic mass is 10.0. The first-order chi connectivity index (χ1) is 9.04. The van der Waals surface area contributed by atoms with Gasteiger partial charge in [-0.25, -0.2) is 0 Å². The average Bonchev–Trinajstić information content (AvgIpc) is 2.36. The zero-order valence-corrected chi connectivity index (χ0v) is 13.2. The molecule has 1 N–H and O–H groups in total. The van der Waals surface area contributed by atoms with Gasteiger partial charge in [-0.2, -0.15) is 0 Å². The van der Waals surface area contributed by atoms with Crippen molar-refractivity contribution in [1.29, 1.82) is 0 Å². The van der Waals surface area contributed by atoms with Crippen molar-refractivity contribution in [2.24, 2.45) is 0 Å². The van der Waals surface area contributed by atoms with Crippen LogP contribution in [0.15, 0.2) is 46.9 Å². The van der Waals surface area contributed by atoms with Gasteiger partial charge in [0.1, 0.15) is 0 Å². The van der Waals surface area contributed by atoms with E-state index in [0.717, 1.165) is 15.6 Å². The lowest BCUT2D eigenvalue weighted by Crippen LogP contribution is -2.14. The van der Waals surface area contributed by atoms with E-state index in [1.54, 1.807) is 0 Å². The SMILES string of the molecule is OC(Cc1ccc(Cl)cc1)Cc1ccc(Br)cc1Cl. The molecule has 4 heteroatoms. The minimum atomic E-state index is -0.458. The third-order valence-electron chi connectivity index (χ3n) is 2.86. The smallest absolute Gasteiger partial charge is 0.0621 e. The zero-order chi connectivity index (χ0) is 13.8. The molecule has 0 spiro atoms. The molecule has 2 aromatic rings. The summed E-state index contributed by atoms with van der Waals surface area (Å²) in [5, 5.41) is 11.5. The molecule has 19 heavy (non-hydrogen) atoms. The van der Waals surface area contributed by atoms with Gasteiger partial charge in [0.05, 0.1) is 6.10 Å². The van der Waals surface area contributed by atoms with Gasteiger partial charge in [0.15, 0.2) is 0 Å². The predicted molar refractivity (Wildman–Crippen MR) is 84.0 cm³/mol. The lowest BCUT2D eigenvalue weighted by Gasteiger charge is -2.12. The Hall–Kier alpha value is -0.540. The summed E-state index contributed by atoms with van der Waals surface area (Å²) in [6, 6.07) is 13.2. The first kappa shape index (κ1) is 14.9. The Morgan fingerprint density at radius 1 is 1.00 bits per heavy atom. The summed E-state index contributed by atoms with van der Waals surface area (Å²) in [5.74, 6) is 0. The number of aliphatic hydroxyl groups excluding tert-OH is 1. The van der Waals surface area contributed by atoms with E-state index in [0.29, 0.717) is 22.9 Å². The van der Waals surface area contributed by atoms with Crippen LogP contribution < -0.4 is 0 Å². The fourth-order valence-electron chi connectivity index (χ4n) is 1.91. The number of hydrogen-bond acceptors (Lipinski definition) is 1. The second-order valence-electron chi connectivity index (χ2n) is 4.42. The molecule has 0 radical (unpaired) electrons. The van der Waals surface area contributed by atoms with E-state index >= 15 is 0 Å². The van der Waals surface area contributed by atoms with Crippen LogP contribution in [-0.2, 0) is 12.8 Å². The molecule has 0 aliphatic rings. The Labute approximate surface area is 131 Å². The molecule has 0 saturated carbocycles. The molecule has 0 amide bonds. The quantitative estimate of drug-likeness (QED) is 0.822. The Balaban J connectivity index is 2.01. The van der Waals surface area contributed by atoms with Gasteiger partial charge in [-0.1, -0.05) is 57.3 Å². The Morgan fingerprint density at radius 2 is 1.68 bits per heavy atom. The van der Waals surface area contributed by atoms with Gasteiger partial charge >= 0.3 is 0 Å². The molecule has 0 fully saturated rings. The third-order valence-corrected chi connectivity index (χ3v) is 3.95. The molecule has 1 nitrogen and oxygen atoms in total. The molecular weight excluding hydrogens is 347 g/mol. The standard InChI is InChI=1S/C15H13BrCl2O/c16-12-4-3-11(15(18)9-12)8-14(19)7-10-1-5-13(17)6-2-10/h1-6,9,14,19H,7-8H2. The predicted octanol–water partition coefficient (Wildman–Crippen LogP) is 4.90. The molecule has 0 bridgehead atoms. The highest BCUT2D eigenvalue weighted by atomic mass is 79.9. The zero-order valence-electron chi connectivity index (χ0n) is 10.1. The second kappa shape index (κ2) is 6.76. The van der Waals surface area contributed by atoms with E-state index in [-0.39, 0.29) is 0 Å². The van der Waals surface area contributed by atoms with Crippen molar-refractivity contribution >= 4 is 39.1 Å². The molecule has 1 atom stereocenters. The fourth-order valence-corrected chi connectivity index (χ4v) is 2.78. The molecular formula is C15H13BrCl2O. The van der Waals surface area contributed by atoms with Gasteiger partial charge in [0, 0.05) is 20.9 Å². The summed E-state index contributed by atoms with van der Waals surface area (Å²) in [6.45, 7) is 0. The molecule has 100 valence electrons. The first-order valence-electron chi connectivity index (χ1n) is 5.91. The molecule has 2 aromatic carbocycles. The van der Waals surface area contributed by atoms with Gasteiger partial charge in [0.25, 0.3) is 0 Å². The number of rotatable bonds is 4. The van der Waals surface area contributed by atoms with E-state index in [2.05, 4.69) is 15.9 Å². The van der Waals surface area contributed by atoms with E-state index in [1.807, 2.05) is 42.5 Å². The molecule has 2 rings (SSSR count). The Morgan fingerprint density at radius 3 is 2.32 bits per heavy atom. The van der Waals surface area contributed by atoms with E-state index in [4.69, 9.17) is 23.2 Å². The molecule has 0 aliphatic carbocycles. The summed E-state index contributed by atoms with van der Waals surface area (Å²) in [4.78, 5) is 0. The third kappa shape index (κ3) is 4.50. The van der Waals surface area contributed by atoms with Crippen molar-refractivity contribution in [2.45, 2.75) is 18.9 Å². The van der Waals surface area contributed by atoms with Crippen LogP contribution in [0.25, 0.3) is 0 Å². The summed E-state index contributed by atoms with van der Waals surface area (Å²) < 4.78 is 0.938. The van der Waals surface area contributed by atoms with E-state index in [9.17, 15) is 5.11 Å². The number of benzene rings is 2. The van der Waals surface area contributed by atoms with Crippen LogP contribution in [0.3, 0.4) is 0 Å². The molecule has 0 heterocycles. The first-order valence-corrected chi connectivity index (χ1v) is 7.46. The molecule has 1 unspecified atom stereocenters. The normalized spacial score (nSPS) is 12.4. The van der Waals surface area contributed by atoms with Crippen molar-refractivity contribution in [3.05, 3.63) is 68.1 Å². The van der Waals surface area contributed by atoms with Crippen LogP contribution in [0, 0.1) is 0 Å². The maximum Gasteiger partial charge on any atom is 0.0621 e. The minimum absolute atomic E-state index is 0.458. The van der Waals surface area contributed by atoms with Gasteiger partial charge in [-0.05, 0) is 41.8 Å². The summed E-state index contributed by atoms with van der Waals surface area (Å²) >= 11 is 15.3. The van der Waals surface area contributed by atoms with Crippen LogP contribution in [0.2, 0.25) is 10.0 Å². The summed E-state index contributed by atoms with van der Waals surface area (Å²) in [5.41, 5.74) is 2.01. The maximum absolute atomic E-state index is 10.1. The van der Waals surface area contributed by atoms with Crippen LogP contribution in [0.1, 0.15) is 11.1 Å². The summed E-state index contributed by atoms with van der Waals surface area (Å²) in [6.07, 6.45) is 0.665. The van der Waals surface area contributed by atoms with Crippen molar-refractivity contribution in [2.75, 3.05) is 0 Å². The molecule has 0 saturated heterocycles. The van der Waals surface area contributed by atoms with Gasteiger partial charge in [0.2, 0.25) is 0 Å². The highest BCUT2D eigenvalue weighted by molar-refractivity contribution is 9.10. The largest absolute Gasteiger partial charge is 0.392 e. The molecule has 0 aliphatic heterocycles.